The van der Waals surface area contributed by atoms with Crippen molar-refractivity contribution >= 4 is 5.97 Å². The summed E-state index contributed by atoms with van der Waals surface area (Å²) in [5.41, 5.74) is 0. The van der Waals surface area contributed by atoms with Gasteiger partial charge in [-0.1, -0.05) is 20.3 Å². The number of carboxylic acid groups (broad SMARTS) is 1. The molecule has 2 fully saturated rings. The van der Waals surface area contributed by atoms with E-state index < -0.39 is 5.97 Å². The molecular formula is C15H27NO3. The van der Waals surface area contributed by atoms with Gasteiger partial charge < -0.3 is 9.84 Å². The average Bonchev–Trinajstić information content (AvgIpc) is 2.46. The lowest BCUT2D eigenvalue weighted by Gasteiger charge is -2.44. The molecule has 2 aliphatic rings. The molecule has 4 atom stereocenters. The van der Waals surface area contributed by atoms with E-state index in [9.17, 15) is 9.90 Å². The quantitative estimate of drug-likeness (QED) is 0.851. The molecule has 0 bridgehead atoms. The van der Waals surface area contributed by atoms with E-state index in [1.54, 1.807) is 0 Å². The summed E-state index contributed by atoms with van der Waals surface area (Å²) in [4.78, 5) is 13.9. The molecule has 19 heavy (non-hydrogen) atoms. The van der Waals surface area contributed by atoms with Crippen molar-refractivity contribution in [3.05, 3.63) is 0 Å². The Kier molecular flexibility index (Phi) is 5.22. The Morgan fingerprint density at radius 3 is 2.74 bits per heavy atom. The number of ether oxygens (including phenoxy) is 1. The first-order chi connectivity index (χ1) is 9.15. The third kappa shape index (κ3) is 3.48. The van der Waals surface area contributed by atoms with Crippen LogP contribution in [-0.4, -0.2) is 47.8 Å². The van der Waals surface area contributed by atoms with Crippen LogP contribution in [0.2, 0.25) is 0 Å². The second-order valence-corrected chi connectivity index (χ2v) is 6.00. The minimum atomic E-state index is -0.612. The van der Waals surface area contributed by atoms with Crippen molar-refractivity contribution in [1.82, 2.24) is 4.90 Å². The highest BCUT2D eigenvalue weighted by Crippen LogP contribution is 2.35. The van der Waals surface area contributed by atoms with Gasteiger partial charge in [-0.3, -0.25) is 9.69 Å². The molecule has 0 amide bonds. The zero-order valence-corrected chi connectivity index (χ0v) is 12.2. The van der Waals surface area contributed by atoms with E-state index >= 15 is 0 Å². The van der Waals surface area contributed by atoms with Gasteiger partial charge in [-0.05, 0) is 31.6 Å². The fraction of sp³-hybridized carbons (Fsp3) is 0.933. The van der Waals surface area contributed by atoms with Gasteiger partial charge in [-0.15, -0.1) is 0 Å². The lowest BCUT2D eigenvalue weighted by molar-refractivity contribution is -0.148. The van der Waals surface area contributed by atoms with Gasteiger partial charge in [-0.25, -0.2) is 0 Å². The second-order valence-electron chi connectivity index (χ2n) is 6.00. The van der Waals surface area contributed by atoms with Crippen LogP contribution in [0.1, 0.15) is 46.0 Å². The lowest BCUT2D eigenvalue weighted by atomic mass is 9.76. The summed E-state index contributed by atoms with van der Waals surface area (Å²) in [6.45, 7) is 6.90. The summed E-state index contributed by atoms with van der Waals surface area (Å²) < 4.78 is 5.71. The molecule has 1 aliphatic heterocycles. The molecule has 0 spiro atoms. The van der Waals surface area contributed by atoms with E-state index in [1.165, 1.54) is 6.42 Å². The Hall–Kier alpha value is -0.610. The monoisotopic (exact) mass is 269 g/mol. The Labute approximate surface area is 116 Å². The number of nitrogens with zero attached hydrogens (tertiary/aromatic N) is 1. The summed E-state index contributed by atoms with van der Waals surface area (Å²) in [5.74, 6) is -0.0963. The normalized spacial score (nSPS) is 37.2. The molecule has 0 radical (unpaired) electrons. The summed E-state index contributed by atoms with van der Waals surface area (Å²) in [6.07, 6.45) is 5.43. The van der Waals surface area contributed by atoms with E-state index in [2.05, 4.69) is 18.7 Å². The summed E-state index contributed by atoms with van der Waals surface area (Å²) >= 11 is 0. The van der Waals surface area contributed by atoms with E-state index in [4.69, 9.17) is 4.74 Å². The highest BCUT2D eigenvalue weighted by Gasteiger charge is 2.39. The summed E-state index contributed by atoms with van der Waals surface area (Å²) in [6, 6.07) is 0.217. The van der Waals surface area contributed by atoms with Gasteiger partial charge >= 0.3 is 5.97 Å². The standard InChI is InChI=1S/C15H27NO3/c1-3-11-5-6-13(15(17)18)14(9-11)16-7-8-19-12(4-2)10-16/h11-14H,3-10H2,1-2H3,(H,17,18). The maximum Gasteiger partial charge on any atom is 0.308 e. The molecule has 110 valence electrons. The molecule has 2 rings (SSSR count). The third-order valence-corrected chi connectivity index (χ3v) is 4.91. The van der Waals surface area contributed by atoms with Crippen LogP contribution < -0.4 is 0 Å². The number of carbonyl (C=O) groups is 1. The lowest BCUT2D eigenvalue weighted by Crippen LogP contribution is -2.53. The van der Waals surface area contributed by atoms with Crippen LogP contribution in [0.15, 0.2) is 0 Å². The van der Waals surface area contributed by atoms with Crippen LogP contribution in [0.4, 0.5) is 0 Å². The van der Waals surface area contributed by atoms with Crippen LogP contribution >= 0.6 is 0 Å². The van der Waals surface area contributed by atoms with E-state index in [0.29, 0.717) is 5.92 Å². The topological polar surface area (TPSA) is 49.8 Å². The molecule has 4 unspecified atom stereocenters. The van der Waals surface area contributed by atoms with E-state index in [-0.39, 0.29) is 18.1 Å². The minimum Gasteiger partial charge on any atom is -0.481 e. The fourth-order valence-corrected chi connectivity index (χ4v) is 3.58. The van der Waals surface area contributed by atoms with Gasteiger partial charge in [0.25, 0.3) is 0 Å². The Morgan fingerprint density at radius 1 is 1.32 bits per heavy atom. The molecule has 0 aromatic rings. The number of aliphatic carboxylic acids is 1. The maximum absolute atomic E-state index is 11.5. The van der Waals surface area contributed by atoms with Crippen molar-refractivity contribution in [1.29, 1.82) is 0 Å². The number of morpholine rings is 1. The smallest absolute Gasteiger partial charge is 0.308 e. The Bertz CT molecular complexity index is 308. The van der Waals surface area contributed by atoms with Gasteiger partial charge in [-0.2, -0.15) is 0 Å². The minimum absolute atomic E-state index is 0.182. The molecule has 1 aliphatic carbocycles. The van der Waals surface area contributed by atoms with Crippen LogP contribution in [0, 0.1) is 11.8 Å². The Morgan fingerprint density at radius 2 is 2.11 bits per heavy atom. The van der Waals surface area contributed by atoms with E-state index in [1.807, 2.05) is 0 Å². The molecule has 0 aromatic carbocycles. The predicted molar refractivity (Wildman–Crippen MR) is 74.1 cm³/mol. The maximum atomic E-state index is 11.5. The van der Waals surface area contributed by atoms with Crippen molar-refractivity contribution in [2.24, 2.45) is 11.8 Å². The zero-order chi connectivity index (χ0) is 13.8. The summed E-state index contributed by atoms with van der Waals surface area (Å²) in [5, 5.41) is 9.46. The molecule has 0 aromatic heterocycles. The predicted octanol–water partition coefficient (Wildman–Crippen LogP) is 2.38. The van der Waals surface area contributed by atoms with Crippen molar-refractivity contribution < 1.29 is 14.6 Å². The molecule has 4 heteroatoms. The Balaban J connectivity index is 2.05. The first kappa shape index (κ1) is 14.8. The summed E-state index contributed by atoms with van der Waals surface area (Å²) in [7, 11) is 0. The van der Waals surface area contributed by atoms with Gasteiger partial charge in [0.1, 0.15) is 0 Å². The number of hydrogen-bond acceptors (Lipinski definition) is 3. The van der Waals surface area contributed by atoms with Crippen LogP contribution in [-0.2, 0) is 9.53 Å². The first-order valence-corrected chi connectivity index (χ1v) is 7.74. The number of hydrogen-bond donors (Lipinski definition) is 1. The number of rotatable bonds is 4. The highest BCUT2D eigenvalue weighted by molar-refractivity contribution is 5.71. The van der Waals surface area contributed by atoms with Gasteiger partial charge in [0.15, 0.2) is 0 Å². The van der Waals surface area contributed by atoms with Gasteiger partial charge in [0, 0.05) is 19.1 Å². The molecule has 1 saturated carbocycles. The third-order valence-electron chi connectivity index (χ3n) is 4.91. The average molecular weight is 269 g/mol. The molecule has 1 N–H and O–H groups in total. The first-order valence-electron chi connectivity index (χ1n) is 7.74. The highest BCUT2D eigenvalue weighted by atomic mass is 16.5. The largest absolute Gasteiger partial charge is 0.481 e. The molecule has 1 heterocycles. The van der Waals surface area contributed by atoms with Crippen molar-refractivity contribution in [2.75, 3.05) is 19.7 Å². The SMILES string of the molecule is CCC1CCC(C(=O)O)C(N2CCOC(CC)C2)C1. The molecular weight excluding hydrogens is 242 g/mol. The van der Waals surface area contributed by atoms with Crippen LogP contribution in [0.3, 0.4) is 0 Å². The van der Waals surface area contributed by atoms with Crippen molar-refractivity contribution in [2.45, 2.75) is 58.1 Å². The van der Waals surface area contributed by atoms with Gasteiger partial charge in [0.2, 0.25) is 0 Å². The fourth-order valence-electron chi connectivity index (χ4n) is 3.58. The van der Waals surface area contributed by atoms with Crippen LogP contribution in [0.25, 0.3) is 0 Å². The van der Waals surface area contributed by atoms with Gasteiger partial charge in [0.05, 0.1) is 18.6 Å². The second kappa shape index (κ2) is 6.71. The zero-order valence-electron chi connectivity index (χ0n) is 12.2. The van der Waals surface area contributed by atoms with Crippen molar-refractivity contribution in [3.63, 3.8) is 0 Å². The van der Waals surface area contributed by atoms with Crippen molar-refractivity contribution in [3.8, 4) is 0 Å². The molecule has 1 saturated heterocycles. The number of carboxylic acids is 1. The van der Waals surface area contributed by atoms with E-state index in [0.717, 1.165) is 45.4 Å². The van der Waals surface area contributed by atoms with Crippen LogP contribution in [0.5, 0.6) is 0 Å². The molecule has 4 nitrogen and oxygen atoms in total.